The fourth-order valence-corrected chi connectivity index (χ4v) is 2.50. The van der Waals surface area contributed by atoms with E-state index in [1.165, 1.54) is 10.5 Å². The number of aromatic nitrogens is 1. The van der Waals surface area contributed by atoms with Gasteiger partial charge in [-0.2, -0.15) is 0 Å². The van der Waals surface area contributed by atoms with E-state index in [-0.39, 0.29) is 0 Å². The van der Waals surface area contributed by atoms with Crippen molar-refractivity contribution in [3.63, 3.8) is 0 Å². The van der Waals surface area contributed by atoms with Crippen LogP contribution in [0, 0.1) is 0 Å². The average Bonchev–Trinajstić information content (AvgIpc) is 2.90. The Balaban J connectivity index is 1.86. The van der Waals surface area contributed by atoms with E-state index in [0.29, 0.717) is 6.61 Å². The largest absolute Gasteiger partial charge is 0.487 e. The van der Waals surface area contributed by atoms with Gasteiger partial charge in [0.25, 0.3) is 0 Å². The van der Waals surface area contributed by atoms with Crippen LogP contribution in [0.5, 0.6) is 5.75 Å². The summed E-state index contributed by atoms with van der Waals surface area (Å²) < 4.78 is 8.04. The molecule has 2 heterocycles. The van der Waals surface area contributed by atoms with Crippen LogP contribution in [0.1, 0.15) is 5.56 Å². The number of rotatable bonds is 4. The van der Waals surface area contributed by atoms with Gasteiger partial charge >= 0.3 is 0 Å². The van der Waals surface area contributed by atoms with Crippen molar-refractivity contribution in [2.75, 3.05) is 6.26 Å². The molecule has 0 bridgehead atoms. The van der Waals surface area contributed by atoms with Gasteiger partial charge in [-0.3, -0.25) is 0 Å². The minimum atomic E-state index is 0.598. The van der Waals surface area contributed by atoms with Crippen LogP contribution in [0.25, 0.3) is 5.52 Å². The predicted molar refractivity (Wildman–Crippen MR) is 80.0 cm³/mol. The summed E-state index contributed by atoms with van der Waals surface area (Å²) >= 11 is 1.74. The molecular weight excluding hydrogens is 254 g/mol. The van der Waals surface area contributed by atoms with E-state index in [2.05, 4.69) is 35.1 Å². The second-order valence-electron chi connectivity index (χ2n) is 4.32. The molecule has 0 aliphatic carbocycles. The molecule has 2 aromatic heterocycles. The highest BCUT2D eigenvalue weighted by molar-refractivity contribution is 7.98. The van der Waals surface area contributed by atoms with Gasteiger partial charge in [-0.1, -0.05) is 30.3 Å². The molecule has 2 nitrogen and oxygen atoms in total. The molecule has 0 fully saturated rings. The second-order valence-corrected chi connectivity index (χ2v) is 5.20. The van der Waals surface area contributed by atoms with Crippen LogP contribution in [0.15, 0.2) is 65.8 Å². The summed E-state index contributed by atoms with van der Waals surface area (Å²) in [6.45, 7) is 0.598. The molecule has 0 amide bonds. The second kappa shape index (κ2) is 5.41. The van der Waals surface area contributed by atoms with Crippen molar-refractivity contribution in [2.24, 2.45) is 0 Å². The third-order valence-electron chi connectivity index (χ3n) is 3.04. The van der Waals surface area contributed by atoms with Gasteiger partial charge < -0.3 is 9.14 Å². The van der Waals surface area contributed by atoms with Crippen molar-refractivity contribution in [1.29, 1.82) is 0 Å². The SMILES string of the molecule is CSc1cc2c(OCc3ccccc3)cccn2c1. The Kier molecular flexibility index (Phi) is 3.47. The summed E-state index contributed by atoms with van der Waals surface area (Å²) in [6, 6.07) is 16.4. The number of benzene rings is 1. The van der Waals surface area contributed by atoms with Gasteiger partial charge in [-0.05, 0) is 30.0 Å². The van der Waals surface area contributed by atoms with E-state index >= 15 is 0 Å². The van der Waals surface area contributed by atoms with Crippen molar-refractivity contribution in [2.45, 2.75) is 11.5 Å². The lowest BCUT2D eigenvalue weighted by molar-refractivity contribution is 0.309. The van der Waals surface area contributed by atoms with Crippen LogP contribution in [0.3, 0.4) is 0 Å². The zero-order valence-electron chi connectivity index (χ0n) is 10.7. The fourth-order valence-electron chi connectivity index (χ4n) is 2.05. The summed E-state index contributed by atoms with van der Waals surface area (Å²) in [5.41, 5.74) is 2.30. The van der Waals surface area contributed by atoms with Gasteiger partial charge in [0.2, 0.25) is 0 Å². The average molecular weight is 269 g/mol. The number of nitrogens with zero attached hydrogens (tertiary/aromatic N) is 1. The highest BCUT2D eigenvalue weighted by atomic mass is 32.2. The standard InChI is InChI=1S/C16H15NOS/c1-19-14-10-15-16(8-5-9-17(15)11-14)18-12-13-6-3-2-4-7-13/h2-11H,12H2,1H3. The van der Waals surface area contributed by atoms with Crippen LogP contribution in [-0.4, -0.2) is 10.7 Å². The third kappa shape index (κ3) is 2.61. The quantitative estimate of drug-likeness (QED) is 0.657. The Morgan fingerprint density at radius 1 is 1.11 bits per heavy atom. The first-order valence-electron chi connectivity index (χ1n) is 6.18. The smallest absolute Gasteiger partial charge is 0.143 e. The first kappa shape index (κ1) is 12.2. The zero-order valence-corrected chi connectivity index (χ0v) is 11.6. The van der Waals surface area contributed by atoms with Crippen molar-refractivity contribution >= 4 is 17.3 Å². The summed E-state index contributed by atoms with van der Waals surface area (Å²) in [6.07, 6.45) is 6.25. The van der Waals surface area contributed by atoms with E-state index in [4.69, 9.17) is 4.74 Å². The molecule has 3 aromatic rings. The number of pyridine rings is 1. The van der Waals surface area contributed by atoms with E-state index in [1.807, 2.05) is 36.5 Å². The van der Waals surface area contributed by atoms with Gasteiger partial charge in [0, 0.05) is 17.3 Å². The molecule has 0 saturated heterocycles. The number of hydrogen-bond donors (Lipinski definition) is 0. The minimum Gasteiger partial charge on any atom is -0.487 e. The molecule has 3 rings (SSSR count). The highest BCUT2D eigenvalue weighted by Crippen LogP contribution is 2.26. The Morgan fingerprint density at radius 2 is 1.95 bits per heavy atom. The van der Waals surface area contributed by atoms with Crippen LogP contribution in [-0.2, 0) is 6.61 Å². The van der Waals surface area contributed by atoms with Crippen LogP contribution in [0.2, 0.25) is 0 Å². The van der Waals surface area contributed by atoms with E-state index < -0.39 is 0 Å². The van der Waals surface area contributed by atoms with Crippen molar-refractivity contribution in [3.8, 4) is 5.75 Å². The van der Waals surface area contributed by atoms with Gasteiger partial charge in [0.1, 0.15) is 12.4 Å². The zero-order chi connectivity index (χ0) is 13.1. The van der Waals surface area contributed by atoms with Crippen molar-refractivity contribution in [3.05, 3.63) is 66.5 Å². The summed E-state index contributed by atoms with van der Waals surface area (Å²) in [4.78, 5) is 1.25. The number of ether oxygens (including phenoxy) is 1. The van der Waals surface area contributed by atoms with Gasteiger partial charge in [0.15, 0.2) is 0 Å². The van der Waals surface area contributed by atoms with Gasteiger partial charge in [-0.25, -0.2) is 0 Å². The number of thioether (sulfide) groups is 1. The highest BCUT2D eigenvalue weighted by Gasteiger charge is 2.05. The van der Waals surface area contributed by atoms with Gasteiger partial charge in [0.05, 0.1) is 5.52 Å². The Bertz CT molecular complexity index is 676. The molecule has 0 N–H and O–H groups in total. The normalized spacial score (nSPS) is 10.8. The summed E-state index contributed by atoms with van der Waals surface area (Å²) in [5.74, 6) is 0.923. The first-order chi connectivity index (χ1) is 9.36. The molecule has 19 heavy (non-hydrogen) atoms. The maximum atomic E-state index is 5.93. The Morgan fingerprint density at radius 3 is 2.74 bits per heavy atom. The maximum absolute atomic E-state index is 5.93. The lowest BCUT2D eigenvalue weighted by Gasteiger charge is -2.07. The molecule has 0 aliphatic rings. The molecule has 1 aromatic carbocycles. The number of hydrogen-bond acceptors (Lipinski definition) is 2. The molecule has 0 unspecified atom stereocenters. The first-order valence-corrected chi connectivity index (χ1v) is 7.41. The predicted octanol–water partition coefficient (Wildman–Crippen LogP) is 4.24. The van der Waals surface area contributed by atoms with E-state index in [0.717, 1.165) is 11.3 Å². The van der Waals surface area contributed by atoms with Crippen molar-refractivity contribution in [1.82, 2.24) is 4.40 Å². The molecule has 0 saturated carbocycles. The van der Waals surface area contributed by atoms with Crippen LogP contribution in [0.4, 0.5) is 0 Å². The summed E-state index contributed by atoms with van der Waals surface area (Å²) in [5, 5.41) is 0. The minimum absolute atomic E-state index is 0.598. The molecule has 0 spiro atoms. The molecular formula is C16H15NOS. The van der Waals surface area contributed by atoms with E-state index in [9.17, 15) is 0 Å². The lowest BCUT2D eigenvalue weighted by atomic mass is 10.2. The molecule has 96 valence electrons. The third-order valence-corrected chi connectivity index (χ3v) is 3.74. The molecule has 0 atom stereocenters. The molecule has 0 radical (unpaired) electrons. The van der Waals surface area contributed by atoms with Crippen LogP contribution >= 0.6 is 11.8 Å². The molecule has 0 aliphatic heterocycles. The maximum Gasteiger partial charge on any atom is 0.143 e. The van der Waals surface area contributed by atoms with Gasteiger partial charge in [-0.15, -0.1) is 11.8 Å². The molecule has 3 heteroatoms. The monoisotopic (exact) mass is 269 g/mol. The Hall–Kier alpha value is -1.87. The summed E-state index contributed by atoms with van der Waals surface area (Å²) in [7, 11) is 0. The lowest BCUT2D eigenvalue weighted by Crippen LogP contribution is -1.96. The van der Waals surface area contributed by atoms with E-state index in [1.54, 1.807) is 11.8 Å². The number of fused-ring (bicyclic) bond motifs is 1. The topological polar surface area (TPSA) is 13.6 Å². The Labute approximate surface area is 117 Å². The van der Waals surface area contributed by atoms with Crippen LogP contribution < -0.4 is 4.74 Å². The fraction of sp³-hybridized carbons (Fsp3) is 0.125. The van der Waals surface area contributed by atoms with Crippen molar-refractivity contribution < 1.29 is 4.74 Å².